The van der Waals surface area contributed by atoms with Crippen molar-refractivity contribution in [3.8, 4) is 0 Å². The Kier molecular flexibility index (Phi) is 22.0. The molecule has 14 heteroatoms. The summed E-state index contributed by atoms with van der Waals surface area (Å²) in [7, 11) is 4.36. The number of nitrogens with zero attached hydrogens (tertiary/aromatic N) is 1. The topological polar surface area (TPSA) is 120 Å². The molecular weight excluding hydrogens is 538 g/mol. The number of carbonyl (C=O) groups excluding carboxylic acids is 2. The molecule has 0 spiro atoms. The molecule has 0 saturated heterocycles. The second kappa shape index (κ2) is 21.6. The van der Waals surface area contributed by atoms with E-state index in [0.29, 0.717) is 43.2 Å². The van der Waals surface area contributed by atoms with Crippen LogP contribution in [0, 0.1) is 6.92 Å². The van der Waals surface area contributed by atoms with Gasteiger partial charge >= 0.3 is 29.5 Å². The summed E-state index contributed by atoms with van der Waals surface area (Å²) in [5.74, 6) is 0.290. The van der Waals surface area contributed by atoms with E-state index in [0.717, 1.165) is 17.0 Å². The number of carbonyl (C=O) groups is 2. The average Bonchev–Trinajstić information content (AvgIpc) is 3.45. The summed E-state index contributed by atoms with van der Waals surface area (Å²) in [5.41, 5.74) is 0.831. The molecule has 1 heterocycles. The van der Waals surface area contributed by atoms with Crippen LogP contribution in [0.25, 0.3) is 0 Å². The highest BCUT2D eigenvalue weighted by Gasteiger charge is 2.46. The largest absolute Gasteiger partial charge is 0.562 e. The summed E-state index contributed by atoms with van der Waals surface area (Å²) in [4.78, 5) is 25.9. The van der Waals surface area contributed by atoms with Crippen LogP contribution in [0.3, 0.4) is 0 Å². The molecule has 0 saturated carbocycles. The number of esters is 2. The highest BCUT2D eigenvalue weighted by atomic mass is 32.2. The van der Waals surface area contributed by atoms with Crippen LogP contribution >= 0.6 is 11.8 Å². The van der Waals surface area contributed by atoms with E-state index in [9.17, 15) is 9.59 Å². The maximum Gasteiger partial charge on any atom is 0.562 e. The van der Waals surface area contributed by atoms with E-state index >= 15 is 0 Å². The van der Waals surface area contributed by atoms with Crippen molar-refractivity contribution >= 4 is 46.0 Å². The minimum Gasteiger partial charge on any atom is -0.462 e. The predicted molar refractivity (Wildman–Crippen MR) is 149 cm³/mol. The molecule has 0 aromatic rings. The van der Waals surface area contributed by atoms with Gasteiger partial charge in [-0.2, -0.15) is 0 Å². The minimum absolute atomic E-state index is 0.316. The summed E-state index contributed by atoms with van der Waals surface area (Å²) in [6, 6.07) is 0.611. The third-order valence-electron chi connectivity index (χ3n) is 4.52. The van der Waals surface area contributed by atoms with Gasteiger partial charge in [0.15, 0.2) is 0 Å². The van der Waals surface area contributed by atoms with Crippen LogP contribution in [-0.4, -0.2) is 102 Å². The normalized spacial score (nSPS) is 12.8. The lowest BCUT2D eigenvalue weighted by Gasteiger charge is -2.24. The van der Waals surface area contributed by atoms with E-state index in [2.05, 4.69) is 29.8 Å². The van der Waals surface area contributed by atoms with Gasteiger partial charge in [0.2, 0.25) is 0 Å². The zero-order chi connectivity index (χ0) is 28.9. The Labute approximate surface area is 228 Å². The fourth-order valence-electron chi connectivity index (χ4n) is 2.45. The Morgan fingerprint density at radius 1 is 0.838 bits per heavy atom. The molecule has 1 aliphatic heterocycles. The van der Waals surface area contributed by atoms with E-state index in [1.807, 2.05) is 0 Å². The second-order valence-corrected chi connectivity index (χ2v) is 14.6. The van der Waals surface area contributed by atoms with Crippen LogP contribution in [0.15, 0.2) is 29.3 Å². The summed E-state index contributed by atoms with van der Waals surface area (Å²) in [6.07, 6.45) is 1.25. The third kappa shape index (κ3) is 15.0. The van der Waals surface area contributed by atoms with Crippen molar-refractivity contribution in [1.29, 1.82) is 0 Å². The van der Waals surface area contributed by atoms with Gasteiger partial charge in [-0.25, -0.2) is 9.59 Å². The van der Waals surface area contributed by atoms with Gasteiger partial charge < -0.3 is 36.0 Å². The first-order valence-corrected chi connectivity index (χ1v) is 16.1. The summed E-state index contributed by atoms with van der Waals surface area (Å²) >= 11 is 1.66. The lowest BCUT2D eigenvalue weighted by molar-refractivity contribution is -0.139. The molecule has 0 fully saturated rings. The quantitative estimate of drug-likeness (QED) is 0.122. The highest BCUT2D eigenvalue weighted by Crippen LogP contribution is 2.22. The van der Waals surface area contributed by atoms with Crippen molar-refractivity contribution in [2.75, 3.05) is 68.2 Å². The molecule has 0 unspecified atom stereocenters. The maximum atomic E-state index is 11.1. The molecule has 0 aromatic heterocycles. The minimum atomic E-state index is -2.57. The van der Waals surface area contributed by atoms with Gasteiger partial charge in [-0.3, -0.25) is 4.99 Å². The number of hydrogen-bond acceptors (Lipinski definition) is 12. The predicted octanol–water partition coefficient (Wildman–Crippen LogP) is 3.25. The molecule has 11 nitrogen and oxygen atoms in total. The van der Waals surface area contributed by atoms with Crippen LogP contribution in [0.1, 0.15) is 26.7 Å². The molecule has 1 radical (unpaired) electrons. The van der Waals surface area contributed by atoms with Crippen molar-refractivity contribution in [2.24, 2.45) is 4.99 Å². The van der Waals surface area contributed by atoms with Crippen LogP contribution < -0.4 is 0 Å². The summed E-state index contributed by atoms with van der Waals surface area (Å²) in [5, 5.41) is 0. The van der Waals surface area contributed by atoms with Crippen LogP contribution in [0.2, 0.25) is 6.04 Å². The monoisotopic (exact) mass is 582 g/mol. The zero-order valence-electron chi connectivity index (χ0n) is 23.5. The Morgan fingerprint density at radius 3 is 1.62 bits per heavy atom. The molecule has 0 aromatic carbocycles. The van der Waals surface area contributed by atoms with Gasteiger partial charge in [0.1, 0.15) is 4.67 Å². The number of ether oxygens (including phenoxy) is 2. The van der Waals surface area contributed by atoms with Gasteiger partial charge in [-0.05, 0) is 33.6 Å². The Morgan fingerprint density at radius 2 is 1.30 bits per heavy atom. The lowest BCUT2D eigenvalue weighted by atomic mass is 10.4. The standard InChI is InChI=1S/C10H20O5Si.C7H11O2.C6H13NO3SSi/c1-9(2)10(11)15-7-6-8-16(12-3,13-4)14-5;1-4-5-9-7(8)6(2)3;1-8-12(9-2,10-3)6-7-4-5-11-6/h1,6-8H2,2-5H3;1-2,4-5H2,3H3;4-5H2,1-3H3. The van der Waals surface area contributed by atoms with Gasteiger partial charge in [0, 0.05) is 72.1 Å². The van der Waals surface area contributed by atoms with Crippen LogP contribution in [0.4, 0.5) is 0 Å². The Bertz CT molecular complexity index is 712. The number of hydrogen-bond donors (Lipinski definition) is 0. The van der Waals surface area contributed by atoms with E-state index < -0.39 is 17.6 Å². The first-order chi connectivity index (χ1) is 17.5. The van der Waals surface area contributed by atoms with Crippen molar-refractivity contribution < 1.29 is 45.6 Å². The van der Waals surface area contributed by atoms with E-state index in [1.165, 1.54) is 0 Å². The van der Waals surface area contributed by atoms with Gasteiger partial charge in [-0.15, -0.1) is 11.8 Å². The molecule has 0 amide bonds. The smallest absolute Gasteiger partial charge is 0.462 e. The van der Waals surface area contributed by atoms with Crippen molar-refractivity contribution in [3.05, 3.63) is 31.2 Å². The summed E-state index contributed by atoms with van der Waals surface area (Å²) < 4.78 is 42.0. The fourth-order valence-corrected chi connectivity index (χ4v) is 7.79. The molecule has 0 atom stereocenters. The number of rotatable bonds is 15. The second-order valence-electron chi connectivity index (χ2n) is 7.29. The molecular formula is C23H44NO10SSi2. The first kappa shape index (κ1) is 37.8. The zero-order valence-corrected chi connectivity index (χ0v) is 26.3. The summed E-state index contributed by atoms with van der Waals surface area (Å²) in [6.45, 7) is 15.2. The van der Waals surface area contributed by atoms with E-state index in [4.69, 9.17) is 31.3 Å². The van der Waals surface area contributed by atoms with E-state index in [1.54, 1.807) is 68.3 Å². The Balaban J connectivity index is 0. The van der Waals surface area contributed by atoms with Crippen LogP contribution in [0.5, 0.6) is 0 Å². The van der Waals surface area contributed by atoms with E-state index in [-0.39, 0.29) is 11.9 Å². The maximum absolute atomic E-state index is 11.1. The first-order valence-electron chi connectivity index (χ1n) is 11.4. The molecule has 0 N–H and O–H groups in total. The molecule has 1 aliphatic rings. The van der Waals surface area contributed by atoms with Crippen LogP contribution in [-0.2, 0) is 45.6 Å². The molecule has 215 valence electrons. The van der Waals surface area contributed by atoms with Gasteiger partial charge in [-0.1, -0.05) is 13.2 Å². The van der Waals surface area contributed by atoms with Gasteiger partial charge in [0.25, 0.3) is 0 Å². The number of aliphatic imine (C=N–C) groups is 1. The lowest BCUT2D eigenvalue weighted by Crippen LogP contribution is -2.49. The highest BCUT2D eigenvalue weighted by molar-refractivity contribution is 8.18. The molecule has 37 heavy (non-hydrogen) atoms. The van der Waals surface area contributed by atoms with Gasteiger partial charge in [0.05, 0.1) is 13.2 Å². The third-order valence-corrected chi connectivity index (χ3v) is 11.6. The number of thioether (sulfide) groups is 1. The van der Waals surface area contributed by atoms with Crippen molar-refractivity contribution in [1.82, 2.24) is 0 Å². The molecule has 0 bridgehead atoms. The fraction of sp³-hybridized carbons (Fsp3) is 0.652. The van der Waals surface area contributed by atoms with Crippen molar-refractivity contribution in [3.63, 3.8) is 0 Å². The molecule has 1 rings (SSSR count). The SMILES string of the molecule is C=C(C)C(=O)OCCC[Si](OC)(OC)OC.CO[Si](OC)(OC)C1=NCCS1.[CH2]CCOC(=O)C(=C)C. The Hall–Kier alpha value is -1.37. The van der Waals surface area contributed by atoms with Crippen molar-refractivity contribution in [2.45, 2.75) is 32.7 Å². The molecule has 0 aliphatic carbocycles. The average molecular weight is 583 g/mol.